The first-order chi connectivity index (χ1) is 9.10. The lowest BCUT2D eigenvalue weighted by Crippen LogP contribution is -1.92. The molecule has 0 atom stereocenters. The molecule has 0 aromatic heterocycles. The van der Waals surface area contributed by atoms with Crippen molar-refractivity contribution >= 4 is 33.4 Å². The highest BCUT2D eigenvalue weighted by Crippen LogP contribution is 2.33. The number of halogens is 1. The summed E-state index contributed by atoms with van der Waals surface area (Å²) in [7, 11) is 1.69. The van der Waals surface area contributed by atoms with Gasteiger partial charge in [-0.2, -0.15) is 0 Å². The van der Waals surface area contributed by atoms with Gasteiger partial charge in [0.1, 0.15) is 5.75 Å². The molecule has 0 radical (unpaired) electrons. The Balaban J connectivity index is 2.18. The van der Waals surface area contributed by atoms with Gasteiger partial charge in [0, 0.05) is 26.4 Å². The molecule has 2 aromatic rings. The van der Waals surface area contributed by atoms with Gasteiger partial charge in [-0.1, -0.05) is 22.0 Å². The van der Waals surface area contributed by atoms with Crippen LogP contribution in [-0.4, -0.2) is 7.11 Å². The van der Waals surface area contributed by atoms with E-state index in [2.05, 4.69) is 35.0 Å². The number of rotatable bonds is 4. The number of hydrogen-bond acceptors (Lipinski definition) is 3. The highest BCUT2D eigenvalue weighted by molar-refractivity contribution is 9.10. The van der Waals surface area contributed by atoms with Gasteiger partial charge in [-0.25, -0.2) is 0 Å². The van der Waals surface area contributed by atoms with Crippen molar-refractivity contribution in [3.63, 3.8) is 0 Å². The Labute approximate surface area is 126 Å². The van der Waals surface area contributed by atoms with E-state index in [0.717, 1.165) is 32.1 Å². The zero-order chi connectivity index (χ0) is 13.8. The summed E-state index contributed by atoms with van der Waals surface area (Å²) in [5, 5.41) is 0. The molecule has 0 bridgehead atoms. The Morgan fingerprint density at radius 2 is 2.00 bits per heavy atom. The molecule has 2 N–H and O–H groups in total. The lowest BCUT2D eigenvalue weighted by molar-refractivity contribution is 0.411. The van der Waals surface area contributed by atoms with Gasteiger partial charge in [-0.15, -0.1) is 11.8 Å². The lowest BCUT2D eigenvalue weighted by Gasteiger charge is -2.10. The Morgan fingerprint density at radius 3 is 2.74 bits per heavy atom. The highest BCUT2D eigenvalue weighted by atomic mass is 79.9. The van der Waals surface area contributed by atoms with Crippen LogP contribution >= 0.6 is 27.7 Å². The van der Waals surface area contributed by atoms with Gasteiger partial charge in [-0.3, -0.25) is 0 Å². The molecule has 0 aliphatic heterocycles. The summed E-state index contributed by atoms with van der Waals surface area (Å²) in [6.45, 7) is 2.07. The van der Waals surface area contributed by atoms with Gasteiger partial charge in [-0.05, 0) is 42.8 Å². The van der Waals surface area contributed by atoms with Crippen LogP contribution in [0.5, 0.6) is 5.75 Å². The number of methoxy groups -OCH3 is 1. The summed E-state index contributed by atoms with van der Waals surface area (Å²) >= 11 is 5.22. The van der Waals surface area contributed by atoms with E-state index in [9.17, 15) is 0 Å². The van der Waals surface area contributed by atoms with E-state index in [1.807, 2.05) is 24.3 Å². The minimum absolute atomic E-state index is 0.824. The van der Waals surface area contributed by atoms with Gasteiger partial charge >= 0.3 is 0 Å². The first-order valence-electron chi connectivity index (χ1n) is 5.91. The first-order valence-corrected chi connectivity index (χ1v) is 7.69. The number of anilines is 1. The maximum atomic E-state index is 5.99. The third-order valence-corrected chi connectivity index (χ3v) is 4.41. The van der Waals surface area contributed by atoms with E-state index in [-0.39, 0.29) is 0 Å². The predicted molar refractivity (Wildman–Crippen MR) is 85.8 cm³/mol. The number of aryl methyl sites for hydroxylation is 1. The fourth-order valence-electron chi connectivity index (χ4n) is 1.78. The molecule has 0 amide bonds. The standard InChI is InChI=1S/C15H16BrNOS/c1-10-3-5-13(17)15(7-10)19-9-11-8-12(16)4-6-14(11)18-2/h3-8H,9,17H2,1-2H3. The van der Waals surface area contributed by atoms with E-state index in [4.69, 9.17) is 10.5 Å². The van der Waals surface area contributed by atoms with Crippen molar-refractivity contribution in [1.82, 2.24) is 0 Å². The molecular formula is C15H16BrNOS. The van der Waals surface area contributed by atoms with Crippen molar-refractivity contribution in [2.45, 2.75) is 17.6 Å². The van der Waals surface area contributed by atoms with Crippen LogP contribution in [0.3, 0.4) is 0 Å². The van der Waals surface area contributed by atoms with Crippen LogP contribution in [0.15, 0.2) is 45.8 Å². The van der Waals surface area contributed by atoms with Crippen molar-refractivity contribution in [2.75, 3.05) is 12.8 Å². The fourth-order valence-corrected chi connectivity index (χ4v) is 3.23. The number of thioether (sulfide) groups is 1. The molecule has 0 saturated heterocycles. The van der Waals surface area contributed by atoms with Crippen LogP contribution in [0.25, 0.3) is 0 Å². The van der Waals surface area contributed by atoms with Gasteiger partial charge in [0.15, 0.2) is 0 Å². The monoisotopic (exact) mass is 337 g/mol. The van der Waals surface area contributed by atoms with Crippen LogP contribution in [0.2, 0.25) is 0 Å². The molecule has 0 spiro atoms. The zero-order valence-electron chi connectivity index (χ0n) is 10.9. The smallest absolute Gasteiger partial charge is 0.122 e. The molecule has 0 heterocycles. The van der Waals surface area contributed by atoms with E-state index >= 15 is 0 Å². The lowest BCUT2D eigenvalue weighted by atomic mass is 10.2. The third-order valence-electron chi connectivity index (χ3n) is 2.79. The zero-order valence-corrected chi connectivity index (χ0v) is 13.3. The van der Waals surface area contributed by atoms with Crippen molar-refractivity contribution in [3.8, 4) is 5.75 Å². The molecule has 2 aromatic carbocycles. The van der Waals surface area contributed by atoms with Crippen LogP contribution in [0, 0.1) is 6.92 Å². The molecule has 2 nitrogen and oxygen atoms in total. The molecule has 0 unspecified atom stereocenters. The minimum Gasteiger partial charge on any atom is -0.496 e. The van der Waals surface area contributed by atoms with Gasteiger partial charge in [0.25, 0.3) is 0 Å². The second kappa shape index (κ2) is 6.35. The predicted octanol–water partition coefficient (Wildman–Crippen LogP) is 4.64. The molecule has 0 aliphatic carbocycles. The van der Waals surface area contributed by atoms with Crippen molar-refractivity contribution in [1.29, 1.82) is 0 Å². The molecule has 0 fully saturated rings. The van der Waals surface area contributed by atoms with Crippen molar-refractivity contribution < 1.29 is 4.74 Å². The molecule has 0 saturated carbocycles. The second-order valence-electron chi connectivity index (χ2n) is 4.29. The average Bonchev–Trinajstić information content (AvgIpc) is 2.40. The van der Waals surface area contributed by atoms with Gasteiger partial charge in [0.2, 0.25) is 0 Å². The number of benzene rings is 2. The second-order valence-corrected chi connectivity index (χ2v) is 6.22. The Hall–Kier alpha value is -1.13. The van der Waals surface area contributed by atoms with Gasteiger partial charge in [0.05, 0.1) is 7.11 Å². The van der Waals surface area contributed by atoms with E-state index in [1.54, 1.807) is 18.9 Å². The first kappa shape index (κ1) is 14.3. The van der Waals surface area contributed by atoms with Crippen LogP contribution in [0.4, 0.5) is 5.69 Å². The minimum atomic E-state index is 0.824. The topological polar surface area (TPSA) is 35.2 Å². The maximum absolute atomic E-state index is 5.99. The normalized spacial score (nSPS) is 10.5. The Kier molecular flexibility index (Phi) is 4.77. The SMILES string of the molecule is COc1ccc(Br)cc1CSc1cc(C)ccc1N. The highest BCUT2D eigenvalue weighted by Gasteiger charge is 2.06. The summed E-state index contributed by atoms with van der Waals surface area (Å²) in [6, 6.07) is 12.1. The van der Waals surface area contributed by atoms with E-state index in [0.29, 0.717) is 0 Å². The van der Waals surface area contributed by atoms with Crippen LogP contribution in [-0.2, 0) is 5.75 Å². The number of ether oxygens (including phenoxy) is 1. The number of nitrogens with two attached hydrogens (primary N) is 1. The van der Waals surface area contributed by atoms with Gasteiger partial charge < -0.3 is 10.5 Å². The summed E-state index contributed by atoms with van der Waals surface area (Å²) in [5.74, 6) is 1.73. The maximum Gasteiger partial charge on any atom is 0.122 e. The van der Waals surface area contributed by atoms with Crippen molar-refractivity contribution in [3.05, 3.63) is 52.0 Å². The largest absolute Gasteiger partial charge is 0.496 e. The summed E-state index contributed by atoms with van der Waals surface area (Å²) in [6.07, 6.45) is 0. The third kappa shape index (κ3) is 3.67. The quantitative estimate of drug-likeness (QED) is 0.651. The molecule has 0 aliphatic rings. The number of hydrogen-bond donors (Lipinski definition) is 1. The van der Waals surface area contributed by atoms with Crippen LogP contribution < -0.4 is 10.5 Å². The van der Waals surface area contributed by atoms with E-state index in [1.165, 1.54) is 5.56 Å². The number of nitrogen functional groups attached to an aromatic ring is 1. The fraction of sp³-hybridized carbons (Fsp3) is 0.200. The summed E-state index contributed by atoms with van der Waals surface area (Å²) in [4.78, 5) is 1.11. The molecule has 100 valence electrons. The van der Waals surface area contributed by atoms with Crippen LogP contribution in [0.1, 0.15) is 11.1 Å². The Morgan fingerprint density at radius 1 is 1.21 bits per heavy atom. The molecular weight excluding hydrogens is 322 g/mol. The molecule has 4 heteroatoms. The Bertz CT molecular complexity index is 586. The summed E-state index contributed by atoms with van der Waals surface area (Å²) in [5.41, 5.74) is 9.19. The molecule has 19 heavy (non-hydrogen) atoms. The van der Waals surface area contributed by atoms with Crippen molar-refractivity contribution in [2.24, 2.45) is 0 Å². The average molecular weight is 338 g/mol. The van der Waals surface area contributed by atoms with E-state index < -0.39 is 0 Å². The molecule has 2 rings (SSSR count). The summed E-state index contributed by atoms with van der Waals surface area (Å²) < 4.78 is 6.43.